The molecule has 1 fully saturated rings. The molecule has 1 unspecified atom stereocenters. The van der Waals surface area contributed by atoms with Crippen LogP contribution in [0.3, 0.4) is 0 Å². The zero-order valence-electron chi connectivity index (χ0n) is 15.8. The fourth-order valence-corrected chi connectivity index (χ4v) is 4.17. The number of amides is 1. The van der Waals surface area contributed by atoms with Crippen LogP contribution in [0, 0.1) is 6.92 Å². The molecule has 0 bridgehead atoms. The maximum atomic E-state index is 12.3. The summed E-state index contributed by atoms with van der Waals surface area (Å²) < 4.78 is 5.81. The van der Waals surface area contributed by atoms with E-state index in [2.05, 4.69) is 10.6 Å². The molecule has 1 aromatic heterocycles. The van der Waals surface area contributed by atoms with E-state index in [1.165, 1.54) is 23.9 Å². The van der Waals surface area contributed by atoms with Gasteiger partial charge in [-0.05, 0) is 55.0 Å². The van der Waals surface area contributed by atoms with Crippen LogP contribution < -0.4 is 10.6 Å². The van der Waals surface area contributed by atoms with E-state index in [0.717, 1.165) is 16.8 Å². The topological polar surface area (TPSA) is 91.6 Å². The largest absolute Gasteiger partial charge is 0.478 e. The molecule has 1 saturated heterocycles. The van der Waals surface area contributed by atoms with E-state index in [1.807, 2.05) is 19.1 Å². The third kappa shape index (κ3) is 4.37. The molecule has 152 valence electrons. The number of aryl methyl sites for hydroxylation is 1. The van der Waals surface area contributed by atoms with Crippen molar-refractivity contribution in [3.05, 3.63) is 81.4 Å². The van der Waals surface area contributed by atoms with Gasteiger partial charge in [-0.15, -0.1) is 0 Å². The van der Waals surface area contributed by atoms with Gasteiger partial charge < -0.3 is 20.2 Å². The number of carbonyl (C=O) groups is 2. The number of furan rings is 1. The van der Waals surface area contributed by atoms with Crippen molar-refractivity contribution >= 4 is 47.0 Å². The van der Waals surface area contributed by atoms with Crippen LogP contribution in [0.1, 0.15) is 21.7 Å². The second kappa shape index (κ2) is 8.30. The first-order valence-corrected chi connectivity index (χ1v) is 10.3. The summed E-state index contributed by atoms with van der Waals surface area (Å²) in [5.41, 5.74) is 2.54. The SMILES string of the molecule is Cc1cc(Cl)ccc1NC1NC(=O)/C(=C/c2ccc(-c3ccc(C(=O)O)cc3)o2)S1. The molecular weight excluding hydrogens is 424 g/mol. The number of anilines is 1. The van der Waals surface area contributed by atoms with Crippen molar-refractivity contribution in [1.82, 2.24) is 5.32 Å². The predicted octanol–water partition coefficient (Wildman–Crippen LogP) is 5.21. The van der Waals surface area contributed by atoms with Crippen molar-refractivity contribution in [3.63, 3.8) is 0 Å². The Hall–Kier alpha value is -3.16. The molecule has 0 aliphatic carbocycles. The van der Waals surface area contributed by atoms with Crippen molar-refractivity contribution in [3.8, 4) is 11.3 Å². The first-order valence-electron chi connectivity index (χ1n) is 9.04. The average molecular weight is 441 g/mol. The lowest BCUT2D eigenvalue weighted by Crippen LogP contribution is -2.31. The van der Waals surface area contributed by atoms with Crippen LogP contribution >= 0.6 is 23.4 Å². The molecule has 3 N–H and O–H groups in total. The van der Waals surface area contributed by atoms with E-state index in [-0.39, 0.29) is 17.0 Å². The van der Waals surface area contributed by atoms with E-state index >= 15 is 0 Å². The fourth-order valence-electron chi connectivity index (χ4n) is 2.99. The van der Waals surface area contributed by atoms with Crippen molar-refractivity contribution in [2.75, 3.05) is 5.32 Å². The molecule has 0 spiro atoms. The van der Waals surface area contributed by atoms with E-state index in [1.54, 1.807) is 36.4 Å². The molecule has 0 saturated carbocycles. The lowest BCUT2D eigenvalue weighted by atomic mass is 10.1. The summed E-state index contributed by atoms with van der Waals surface area (Å²) in [5, 5.41) is 15.8. The number of carbonyl (C=O) groups excluding carboxylic acids is 1. The van der Waals surface area contributed by atoms with E-state index in [9.17, 15) is 9.59 Å². The molecule has 6 nitrogen and oxygen atoms in total. The molecule has 30 heavy (non-hydrogen) atoms. The van der Waals surface area contributed by atoms with Gasteiger partial charge in [0.2, 0.25) is 0 Å². The molecule has 0 radical (unpaired) electrons. The van der Waals surface area contributed by atoms with Crippen LogP contribution in [0.25, 0.3) is 17.4 Å². The Morgan fingerprint density at radius 2 is 1.97 bits per heavy atom. The summed E-state index contributed by atoms with van der Waals surface area (Å²) >= 11 is 7.35. The lowest BCUT2D eigenvalue weighted by Gasteiger charge is -2.14. The number of thioether (sulfide) groups is 1. The van der Waals surface area contributed by atoms with Crippen molar-refractivity contribution in [1.29, 1.82) is 0 Å². The van der Waals surface area contributed by atoms with Crippen LogP contribution in [-0.2, 0) is 4.79 Å². The Morgan fingerprint density at radius 1 is 1.20 bits per heavy atom. The number of nitrogens with one attached hydrogen (secondary N) is 2. The highest BCUT2D eigenvalue weighted by atomic mass is 35.5. The van der Waals surface area contributed by atoms with Gasteiger partial charge in [0.15, 0.2) is 5.50 Å². The van der Waals surface area contributed by atoms with Gasteiger partial charge in [0, 0.05) is 22.3 Å². The minimum atomic E-state index is -0.979. The van der Waals surface area contributed by atoms with Gasteiger partial charge in [-0.1, -0.05) is 35.5 Å². The van der Waals surface area contributed by atoms with Crippen LogP contribution in [0.2, 0.25) is 5.02 Å². The van der Waals surface area contributed by atoms with Crippen LogP contribution in [0.5, 0.6) is 0 Å². The standard InChI is InChI=1S/C22H17ClN2O4S/c1-12-10-15(23)6-8-17(12)24-22-25-20(26)19(30-22)11-16-7-9-18(29-16)13-2-4-14(5-3-13)21(27)28/h2-11,22,24H,1H3,(H,25,26)(H,27,28)/b19-11-. The first kappa shape index (κ1) is 20.1. The van der Waals surface area contributed by atoms with Crippen LogP contribution in [-0.4, -0.2) is 22.5 Å². The molecule has 4 rings (SSSR count). The summed E-state index contributed by atoms with van der Waals surface area (Å²) in [6, 6.07) is 15.5. The van der Waals surface area contributed by atoms with E-state index in [4.69, 9.17) is 21.1 Å². The lowest BCUT2D eigenvalue weighted by molar-refractivity contribution is -0.116. The van der Waals surface area contributed by atoms with Crippen molar-refractivity contribution in [2.24, 2.45) is 0 Å². The molecule has 2 aromatic carbocycles. The normalized spacial score (nSPS) is 17.2. The Bertz CT molecular complexity index is 1150. The first-order chi connectivity index (χ1) is 14.4. The van der Waals surface area contributed by atoms with Gasteiger partial charge >= 0.3 is 5.97 Å². The van der Waals surface area contributed by atoms with Gasteiger partial charge in [0.05, 0.1) is 10.5 Å². The second-order valence-corrected chi connectivity index (χ2v) is 8.25. The number of rotatable bonds is 5. The van der Waals surface area contributed by atoms with Crippen LogP contribution in [0.15, 0.2) is 63.9 Å². The molecule has 1 aliphatic rings. The Labute approximate surface area is 181 Å². The zero-order chi connectivity index (χ0) is 21.3. The molecule has 1 aliphatic heterocycles. The molecule has 2 heterocycles. The average Bonchev–Trinajstić information content (AvgIpc) is 3.31. The molecule has 8 heteroatoms. The number of hydrogen-bond acceptors (Lipinski definition) is 5. The van der Waals surface area contributed by atoms with Gasteiger partial charge in [0.1, 0.15) is 11.5 Å². The minimum absolute atomic E-state index is 0.187. The maximum Gasteiger partial charge on any atom is 0.335 e. The molecule has 1 amide bonds. The summed E-state index contributed by atoms with van der Waals surface area (Å²) in [6.07, 6.45) is 1.69. The fraction of sp³-hybridized carbons (Fsp3) is 0.0909. The monoisotopic (exact) mass is 440 g/mol. The third-order valence-electron chi connectivity index (χ3n) is 4.52. The molecule has 3 aromatic rings. The predicted molar refractivity (Wildman–Crippen MR) is 118 cm³/mol. The van der Waals surface area contributed by atoms with E-state index in [0.29, 0.717) is 21.4 Å². The minimum Gasteiger partial charge on any atom is -0.478 e. The summed E-state index contributed by atoms with van der Waals surface area (Å²) in [5.74, 6) is -0.0394. The number of halogens is 1. The van der Waals surface area contributed by atoms with Crippen molar-refractivity contribution < 1.29 is 19.1 Å². The number of hydrogen-bond donors (Lipinski definition) is 3. The van der Waals surface area contributed by atoms with E-state index < -0.39 is 5.97 Å². The zero-order valence-corrected chi connectivity index (χ0v) is 17.4. The number of carboxylic acid groups (broad SMARTS) is 1. The third-order valence-corrected chi connectivity index (χ3v) is 5.79. The summed E-state index contributed by atoms with van der Waals surface area (Å²) in [7, 11) is 0. The quantitative estimate of drug-likeness (QED) is 0.472. The van der Waals surface area contributed by atoms with Gasteiger partial charge in [-0.3, -0.25) is 4.79 Å². The van der Waals surface area contributed by atoms with Gasteiger partial charge in [-0.2, -0.15) is 0 Å². The number of carboxylic acids is 1. The van der Waals surface area contributed by atoms with Crippen molar-refractivity contribution in [2.45, 2.75) is 12.4 Å². The Balaban J connectivity index is 1.47. The number of benzene rings is 2. The molecule has 1 atom stereocenters. The van der Waals surface area contributed by atoms with Gasteiger partial charge in [-0.25, -0.2) is 4.79 Å². The summed E-state index contributed by atoms with van der Waals surface area (Å²) in [4.78, 5) is 23.8. The number of aromatic carboxylic acids is 1. The highest BCUT2D eigenvalue weighted by Gasteiger charge is 2.27. The Kier molecular flexibility index (Phi) is 5.57. The highest BCUT2D eigenvalue weighted by molar-refractivity contribution is 8.05. The van der Waals surface area contributed by atoms with Crippen LogP contribution in [0.4, 0.5) is 5.69 Å². The summed E-state index contributed by atoms with van der Waals surface area (Å²) in [6.45, 7) is 1.94. The molecular formula is C22H17ClN2O4S. The Morgan fingerprint density at radius 3 is 2.67 bits per heavy atom. The second-order valence-electron chi connectivity index (χ2n) is 6.67. The maximum absolute atomic E-state index is 12.3. The van der Waals surface area contributed by atoms with Gasteiger partial charge in [0.25, 0.3) is 5.91 Å². The highest BCUT2D eigenvalue weighted by Crippen LogP contribution is 2.32. The smallest absolute Gasteiger partial charge is 0.335 e.